The average Bonchev–Trinajstić information content (AvgIpc) is 2.80. The van der Waals surface area contributed by atoms with Gasteiger partial charge in [0.2, 0.25) is 0 Å². The molecule has 2 heterocycles. The van der Waals surface area contributed by atoms with Gasteiger partial charge in [-0.25, -0.2) is 0 Å². The summed E-state index contributed by atoms with van der Waals surface area (Å²) >= 11 is 0. The smallest absolute Gasteiger partial charge is 0.251 e. The van der Waals surface area contributed by atoms with Gasteiger partial charge in [-0.2, -0.15) is 0 Å². The topological polar surface area (TPSA) is 58.8 Å². The number of hydrogen-bond acceptors (Lipinski definition) is 4. The van der Waals surface area contributed by atoms with E-state index >= 15 is 0 Å². The van der Waals surface area contributed by atoms with E-state index in [1.807, 2.05) is 4.90 Å². The van der Waals surface area contributed by atoms with E-state index < -0.39 is 0 Å². The Labute approximate surface area is 109 Å². The van der Waals surface area contributed by atoms with Crippen LogP contribution in [0.2, 0.25) is 0 Å². The molecule has 0 aromatic rings. The van der Waals surface area contributed by atoms with Gasteiger partial charge in [0.15, 0.2) is 0 Å². The van der Waals surface area contributed by atoms with Crippen LogP contribution in [0, 0.1) is 0 Å². The van der Waals surface area contributed by atoms with Gasteiger partial charge >= 0.3 is 0 Å². The molecule has 0 spiro atoms. The lowest BCUT2D eigenvalue weighted by Gasteiger charge is -2.45. The molecule has 2 unspecified atom stereocenters. The Morgan fingerprint density at radius 1 is 1.39 bits per heavy atom. The number of nitrogens with zero attached hydrogens (tertiary/aromatic N) is 2. The van der Waals surface area contributed by atoms with Gasteiger partial charge in [-0.1, -0.05) is 0 Å². The highest BCUT2D eigenvalue weighted by atomic mass is 16.5. The van der Waals surface area contributed by atoms with Crippen LogP contribution in [-0.4, -0.2) is 66.7 Å². The molecule has 0 aliphatic carbocycles. The van der Waals surface area contributed by atoms with Crippen molar-refractivity contribution in [3.05, 3.63) is 0 Å². The van der Waals surface area contributed by atoms with E-state index in [2.05, 4.69) is 25.8 Å². The minimum Gasteiger partial charge on any atom is -0.364 e. The van der Waals surface area contributed by atoms with Crippen LogP contribution in [0.15, 0.2) is 0 Å². The fraction of sp³-hybridized carbons (Fsp3) is 0.923. The third kappa shape index (κ3) is 2.68. The summed E-state index contributed by atoms with van der Waals surface area (Å²) in [6.45, 7) is 7.35. The van der Waals surface area contributed by atoms with Gasteiger partial charge < -0.3 is 15.4 Å². The molecule has 0 radical (unpaired) electrons. The lowest BCUT2D eigenvalue weighted by Crippen LogP contribution is -2.60. The summed E-state index contributed by atoms with van der Waals surface area (Å²) in [5, 5.41) is 0. The van der Waals surface area contributed by atoms with E-state index in [1.54, 1.807) is 0 Å². The molecule has 2 aliphatic rings. The molecule has 5 heteroatoms. The molecule has 1 amide bonds. The Kier molecular flexibility index (Phi) is 3.94. The van der Waals surface area contributed by atoms with Crippen LogP contribution < -0.4 is 5.73 Å². The molecule has 0 saturated carbocycles. The summed E-state index contributed by atoms with van der Waals surface area (Å²) in [6, 6.07) is 0. The zero-order valence-electron chi connectivity index (χ0n) is 11.7. The number of amides is 1. The fourth-order valence-electron chi connectivity index (χ4n) is 2.69. The number of ether oxygens (including phenoxy) is 1. The Balaban J connectivity index is 1.94. The molecule has 104 valence electrons. The lowest BCUT2D eigenvalue weighted by atomic mass is 9.99. The lowest BCUT2D eigenvalue weighted by molar-refractivity contribution is -0.147. The second-order valence-corrected chi connectivity index (χ2v) is 6.05. The van der Waals surface area contributed by atoms with E-state index in [-0.39, 0.29) is 23.7 Å². The Morgan fingerprint density at radius 2 is 2.11 bits per heavy atom. The van der Waals surface area contributed by atoms with Crippen molar-refractivity contribution in [2.45, 2.75) is 44.4 Å². The first-order valence-corrected chi connectivity index (χ1v) is 6.79. The maximum Gasteiger partial charge on any atom is 0.251 e. The predicted molar refractivity (Wildman–Crippen MR) is 70.2 cm³/mol. The van der Waals surface area contributed by atoms with Crippen LogP contribution in [-0.2, 0) is 9.53 Å². The molecule has 2 atom stereocenters. The Hall–Kier alpha value is -0.650. The first-order valence-electron chi connectivity index (χ1n) is 6.79. The highest BCUT2D eigenvalue weighted by molar-refractivity contribution is 5.81. The molecule has 2 N–H and O–H groups in total. The van der Waals surface area contributed by atoms with Gasteiger partial charge in [0.1, 0.15) is 6.10 Å². The average molecular weight is 255 g/mol. The SMILES string of the molecule is CN1CCN(C(=O)C2CCC(CN)O2)CC1(C)C. The second kappa shape index (κ2) is 5.15. The Bertz CT molecular complexity index is 319. The van der Waals surface area contributed by atoms with Gasteiger partial charge in [0.25, 0.3) is 5.91 Å². The van der Waals surface area contributed by atoms with Crippen molar-refractivity contribution in [1.29, 1.82) is 0 Å². The van der Waals surface area contributed by atoms with Crippen LogP contribution in [0.25, 0.3) is 0 Å². The maximum absolute atomic E-state index is 12.4. The largest absolute Gasteiger partial charge is 0.364 e. The standard InChI is InChI=1S/C13H25N3O2/c1-13(2)9-16(7-6-15(13)3)12(17)11-5-4-10(8-14)18-11/h10-11H,4-9,14H2,1-3H3. The highest BCUT2D eigenvalue weighted by Gasteiger charge is 2.38. The van der Waals surface area contributed by atoms with E-state index in [0.29, 0.717) is 6.54 Å². The van der Waals surface area contributed by atoms with Crippen molar-refractivity contribution in [2.75, 3.05) is 33.2 Å². The Morgan fingerprint density at radius 3 is 2.67 bits per heavy atom. The van der Waals surface area contributed by atoms with Gasteiger partial charge in [-0.05, 0) is 33.7 Å². The van der Waals surface area contributed by atoms with Crippen molar-refractivity contribution in [3.8, 4) is 0 Å². The third-order valence-corrected chi connectivity index (χ3v) is 4.27. The van der Waals surface area contributed by atoms with E-state index in [4.69, 9.17) is 10.5 Å². The summed E-state index contributed by atoms with van der Waals surface area (Å²) in [5.41, 5.74) is 5.62. The van der Waals surface area contributed by atoms with Gasteiger partial charge in [0.05, 0.1) is 6.10 Å². The molecule has 2 aliphatic heterocycles. The zero-order chi connectivity index (χ0) is 13.3. The highest BCUT2D eigenvalue weighted by Crippen LogP contribution is 2.24. The summed E-state index contributed by atoms with van der Waals surface area (Å²) < 4.78 is 5.69. The fourth-order valence-corrected chi connectivity index (χ4v) is 2.69. The second-order valence-electron chi connectivity index (χ2n) is 6.05. The molecular weight excluding hydrogens is 230 g/mol. The number of nitrogens with two attached hydrogens (primary N) is 1. The van der Waals surface area contributed by atoms with Gasteiger partial charge in [-0.15, -0.1) is 0 Å². The monoisotopic (exact) mass is 255 g/mol. The van der Waals surface area contributed by atoms with Crippen LogP contribution in [0.5, 0.6) is 0 Å². The van der Waals surface area contributed by atoms with Crippen LogP contribution >= 0.6 is 0 Å². The quantitative estimate of drug-likeness (QED) is 0.757. The van der Waals surface area contributed by atoms with Crippen LogP contribution in [0.4, 0.5) is 0 Å². The van der Waals surface area contributed by atoms with Crippen LogP contribution in [0.1, 0.15) is 26.7 Å². The number of likely N-dealkylation sites (N-methyl/N-ethyl adjacent to an activating group) is 1. The molecule has 18 heavy (non-hydrogen) atoms. The summed E-state index contributed by atoms with van der Waals surface area (Å²) in [6.07, 6.45) is 1.52. The minimum absolute atomic E-state index is 0.0415. The third-order valence-electron chi connectivity index (χ3n) is 4.27. The molecule has 0 aromatic carbocycles. The molecule has 0 bridgehead atoms. The van der Waals surface area contributed by atoms with E-state index in [9.17, 15) is 4.79 Å². The number of piperazine rings is 1. The van der Waals surface area contributed by atoms with Gasteiger partial charge in [0, 0.05) is 31.7 Å². The first-order chi connectivity index (χ1) is 8.44. The predicted octanol–water partition coefficient (Wildman–Crippen LogP) is 0.0453. The molecule has 2 saturated heterocycles. The molecule has 2 rings (SSSR count). The summed E-state index contributed by atoms with van der Waals surface area (Å²) in [4.78, 5) is 16.6. The molecule has 5 nitrogen and oxygen atoms in total. The van der Waals surface area contributed by atoms with Crippen molar-refractivity contribution in [3.63, 3.8) is 0 Å². The summed E-state index contributed by atoms with van der Waals surface area (Å²) in [7, 11) is 2.11. The van der Waals surface area contributed by atoms with Crippen molar-refractivity contribution < 1.29 is 9.53 Å². The number of carbonyl (C=O) groups is 1. The number of rotatable bonds is 2. The summed E-state index contributed by atoms with van der Waals surface area (Å²) in [5.74, 6) is 0.145. The van der Waals surface area contributed by atoms with Crippen molar-refractivity contribution >= 4 is 5.91 Å². The number of carbonyl (C=O) groups excluding carboxylic acids is 1. The van der Waals surface area contributed by atoms with Gasteiger partial charge in [-0.3, -0.25) is 9.69 Å². The molecular formula is C13H25N3O2. The van der Waals surface area contributed by atoms with E-state index in [0.717, 1.165) is 32.5 Å². The van der Waals surface area contributed by atoms with E-state index in [1.165, 1.54) is 0 Å². The molecule has 2 fully saturated rings. The van der Waals surface area contributed by atoms with Crippen molar-refractivity contribution in [2.24, 2.45) is 5.73 Å². The van der Waals surface area contributed by atoms with Crippen molar-refractivity contribution in [1.82, 2.24) is 9.80 Å². The number of hydrogen-bond donors (Lipinski definition) is 1. The maximum atomic E-state index is 12.4. The normalized spacial score (nSPS) is 32.8. The molecule has 0 aromatic heterocycles. The zero-order valence-corrected chi connectivity index (χ0v) is 11.7. The van der Waals surface area contributed by atoms with Crippen LogP contribution in [0.3, 0.4) is 0 Å². The first kappa shape index (κ1) is 13.8. The minimum atomic E-state index is -0.266.